The van der Waals surface area contributed by atoms with Gasteiger partial charge in [-0.05, 0) is 52.6 Å². The molecule has 3 heterocycles. The summed E-state index contributed by atoms with van der Waals surface area (Å²) in [4.78, 5) is 2.57. The van der Waals surface area contributed by atoms with Gasteiger partial charge in [0.15, 0.2) is 0 Å². The highest BCUT2D eigenvalue weighted by atomic mass is 15.3. The van der Waals surface area contributed by atoms with Gasteiger partial charge in [-0.25, -0.2) is 0 Å². The standard InChI is InChI=1S/C14H24N4/c1-11(2)17-9-6-12(7-10-17)14-16-15-13-5-3-4-8-18(13)14/h11-12H,3-10H2,1-2H3. The van der Waals surface area contributed by atoms with Crippen molar-refractivity contribution >= 4 is 0 Å². The van der Waals surface area contributed by atoms with E-state index in [0.29, 0.717) is 12.0 Å². The van der Waals surface area contributed by atoms with Gasteiger partial charge in [0.05, 0.1) is 0 Å². The highest BCUT2D eigenvalue weighted by Gasteiger charge is 2.27. The molecular formula is C14H24N4. The molecule has 0 atom stereocenters. The Bertz CT molecular complexity index is 402. The van der Waals surface area contributed by atoms with E-state index in [2.05, 4.69) is 33.5 Å². The molecule has 0 spiro atoms. The van der Waals surface area contributed by atoms with Crippen molar-refractivity contribution in [2.45, 2.75) is 64.5 Å². The summed E-state index contributed by atoms with van der Waals surface area (Å²) >= 11 is 0. The Hall–Kier alpha value is -0.900. The molecule has 1 saturated heterocycles. The zero-order valence-corrected chi connectivity index (χ0v) is 11.6. The molecule has 4 heteroatoms. The lowest BCUT2D eigenvalue weighted by molar-refractivity contribution is 0.168. The van der Waals surface area contributed by atoms with Crippen LogP contribution < -0.4 is 0 Å². The molecule has 3 rings (SSSR count). The average Bonchev–Trinajstić information content (AvgIpc) is 2.82. The average molecular weight is 248 g/mol. The number of nitrogens with zero attached hydrogens (tertiary/aromatic N) is 4. The molecule has 0 aliphatic carbocycles. The van der Waals surface area contributed by atoms with E-state index in [0.717, 1.165) is 13.0 Å². The second kappa shape index (κ2) is 5.00. The van der Waals surface area contributed by atoms with Crippen LogP contribution in [0.1, 0.15) is 57.1 Å². The fourth-order valence-corrected chi connectivity index (χ4v) is 3.31. The summed E-state index contributed by atoms with van der Waals surface area (Å²) in [6, 6.07) is 0.679. The van der Waals surface area contributed by atoms with Crippen molar-refractivity contribution in [3.8, 4) is 0 Å². The molecule has 0 aromatic carbocycles. The summed E-state index contributed by atoms with van der Waals surface area (Å²) in [6.07, 6.45) is 6.19. The van der Waals surface area contributed by atoms with Crippen molar-refractivity contribution in [3.63, 3.8) is 0 Å². The number of rotatable bonds is 2. The van der Waals surface area contributed by atoms with Gasteiger partial charge in [0, 0.05) is 24.9 Å². The summed E-state index contributed by atoms with van der Waals surface area (Å²) in [5.41, 5.74) is 0. The number of piperidine rings is 1. The third kappa shape index (κ3) is 2.18. The maximum Gasteiger partial charge on any atom is 0.136 e. The Morgan fingerprint density at radius 3 is 2.56 bits per heavy atom. The lowest BCUT2D eigenvalue weighted by Gasteiger charge is -2.34. The Kier molecular flexibility index (Phi) is 3.37. The lowest BCUT2D eigenvalue weighted by Crippen LogP contribution is -2.38. The first kappa shape index (κ1) is 12.2. The number of aromatic nitrogens is 3. The number of likely N-dealkylation sites (tertiary alicyclic amines) is 1. The zero-order valence-electron chi connectivity index (χ0n) is 11.6. The predicted molar refractivity (Wildman–Crippen MR) is 71.6 cm³/mol. The van der Waals surface area contributed by atoms with Crippen molar-refractivity contribution < 1.29 is 0 Å². The minimum Gasteiger partial charge on any atom is -0.315 e. The van der Waals surface area contributed by atoms with Gasteiger partial charge in [-0.1, -0.05) is 0 Å². The van der Waals surface area contributed by atoms with Gasteiger partial charge in [-0.3, -0.25) is 0 Å². The van der Waals surface area contributed by atoms with E-state index in [4.69, 9.17) is 0 Å². The van der Waals surface area contributed by atoms with Crippen LogP contribution in [0.3, 0.4) is 0 Å². The van der Waals surface area contributed by atoms with Crippen LogP contribution in [0.4, 0.5) is 0 Å². The lowest BCUT2D eigenvalue weighted by atomic mass is 9.95. The van der Waals surface area contributed by atoms with Crippen LogP contribution in [0.2, 0.25) is 0 Å². The van der Waals surface area contributed by atoms with E-state index in [1.807, 2.05) is 0 Å². The minimum atomic E-state index is 0.638. The maximum absolute atomic E-state index is 4.49. The molecule has 2 aliphatic heterocycles. The quantitative estimate of drug-likeness (QED) is 0.804. The summed E-state index contributed by atoms with van der Waals surface area (Å²) in [7, 11) is 0. The predicted octanol–water partition coefficient (Wildman–Crippen LogP) is 2.20. The first-order valence-corrected chi connectivity index (χ1v) is 7.41. The van der Waals surface area contributed by atoms with Gasteiger partial charge >= 0.3 is 0 Å². The van der Waals surface area contributed by atoms with Crippen molar-refractivity contribution in [1.29, 1.82) is 0 Å². The molecule has 18 heavy (non-hydrogen) atoms. The second-order valence-corrected chi connectivity index (χ2v) is 5.99. The summed E-state index contributed by atoms with van der Waals surface area (Å²) < 4.78 is 2.40. The fraction of sp³-hybridized carbons (Fsp3) is 0.857. The van der Waals surface area contributed by atoms with Crippen LogP contribution in [-0.2, 0) is 13.0 Å². The van der Waals surface area contributed by atoms with Gasteiger partial charge < -0.3 is 9.47 Å². The first-order valence-electron chi connectivity index (χ1n) is 7.41. The molecule has 4 nitrogen and oxygen atoms in total. The van der Waals surface area contributed by atoms with E-state index in [1.165, 1.54) is 50.4 Å². The van der Waals surface area contributed by atoms with Crippen molar-refractivity contribution in [1.82, 2.24) is 19.7 Å². The summed E-state index contributed by atoms with van der Waals surface area (Å²) in [6.45, 7) is 8.15. The van der Waals surface area contributed by atoms with Crippen molar-refractivity contribution in [3.05, 3.63) is 11.6 Å². The van der Waals surface area contributed by atoms with Crippen molar-refractivity contribution in [2.24, 2.45) is 0 Å². The van der Waals surface area contributed by atoms with Crippen LogP contribution in [0, 0.1) is 0 Å². The van der Waals surface area contributed by atoms with Gasteiger partial charge in [0.2, 0.25) is 0 Å². The number of fused-ring (bicyclic) bond motifs is 1. The Morgan fingerprint density at radius 1 is 1.06 bits per heavy atom. The number of aryl methyl sites for hydroxylation is 1. The molecule has 100 valence electrons. The monoisotopic (exact) mass is 248 g/mol. The molecule has 0 unspecified atom stereocenters. The van der Waals surface area contributed by atoms with Gasteiger partial charge in [-0.2, -0.15) is 0 Å². The van der Waals surface area contributed by atoms with Gasteiger partial charge in [0.25, 0.3) is 0 Å². The highest BCUT2D eigenvalue weighted by Crippen LogP contribution is 2.29. The normalized spacial score (nSPS) is 22.4. The van der Waals surface area contributed by atoms with E-state index >= 15 is 0 Å². The molecule has 1 fully saturated rings. The third-order valence-corrected chi connectivity index (χ3v) is 4.51. The number of hydrogen-bond acceptors (Lipinski definition) is 3. The van der Waals surface area contributed by atoms with E-state index < -0.39 is 0 Å². The third-order valence-electron chi connectivity index (χ3n) is 4.51. The topological polar surface area (TPSA) is 34.0 Å². The van der Waals surface area contributed by atoms with Crippen LogP contribution in [0.5, 0.6) is 0 Å². The zero-order chi connectivity index (χ0) is 12.5. The van der Waals surface area contributed by atoms with Gasteiger partial charge in [0.1, 0.15) is 11.6 Å². The van der Waals surface area contributed by atoms with Gasteiger partial charge in [-0.15, -0.1) is 10.2 Å². The van der Waals surface area contributed by atoms with Crippen molar-refractivity contribution in [2.75, 3.05) is 13.1 Å². The highest BCUT2D eigenvalue weighted by molar-refractivity contribution is 5.05. The van der Waals surface area contributed by atoms with E-state index in [9.17, 15) is 0 Å². The molecule has 1 aromatic rings. The molecule has 0 radical (unpaired) electrons. The van der Waals surface area contributed by atoms with E-state index in [1.54, 1.807) is 0 Å². The van der Waals surface area contributed by atoms with Crippen LogP contribution in [0.15, 0.2) is 0 Å². The maximum atomic E-state index is 4.49. The number of hydrogen-bond donors (Lipinski definition) is 0. The SMILES string of the molecule is CC(C)N1CCC(c2nnc3n2CCCC3)CC1. The molecule has 0 amide bonds. The first-order chi connectivity index (χ1) is 8.75. The second-order valence-electron chi connectivity index (χ2n) is 5.99. The molecule has 1 aromatic heterocycles. The molecule has 0 N–H and O–H groups in total. The molecular weight excluding hydrogens is 224 g/mol. The fourth-order valence-electron chi connectivity index (χ4n) is 3.31. The largest absolute Gasteiger partial charge is 0.315 e. The van der Waals surface area contributed by atoms with Crippen LogP contribution in [0.25, 0.3) is 0 Å². The summed E-state index contributed by atoms with van der Waals surface area (Å²) in [5, 5.41) is 8.87. The Balaban J connectivity index is 1.71. The van der Waals surface area contributed by atoms with Crippen LogP contribution >= 0.6 is 0 Å². The van der Waals surface area contributed by atoms with E-state index in [-0.39, 0.29) is 0 Å². The summed E-state index contributed by atoms with van der Waals surface area (Å²) in [5.74, 6) is 3.13. The minimum absolute atomic E-state index is 0.638. The smallest absolute Gasteiger partial charge is 0.136 e. The Labute approximate surface area is 109 Å². The molecule has 0 saturated carbocycles. The molecule has 2 aliphatic rings. The van der Waals surface area contributed by atoms with Crippen LogP contribution in [-0.4, -0.2) is 38.8 Å². The molecule has 0 bridgehead atoms. The Morgan fingerprint density at radius 2 is 1.83 bits per heavy atom.